The molecule has 0 amide bonds. The van der Waals surface area contributed by atoms with Gasteiger partial charge in [-0.2, -0.15) is 0 Å². The Labute approximate surface area is 177 Å². The van der Waals surface area contributed by atoms with Gasteiger partial charge < -0.3 is 14.2 Å². The summed E-state index contributed by atoms with van der Waals surface area (Å²) in [5, 5.41) is 0. The monoisotopic (exact) mass is 400 g/mol. The normalized spacial score (nSPS) is 27.3. The predicted octanol–water partition coefficient (Wildman–Crippen LogP) is 6.93. The van der Waals surface area contributed by atoms with Gasteiger partial charge in [0.1, 0.15) is 24.2 Å². The summed E-state index contributed by atoms with van der Waals surface area (Å²) in [6.07, 6.45) is 20.0. The van der Waals surface area contributed by atoms with Crippen LogP contribution in [0.5, 0.6) is 11.5 Å². The Morgan fingerprint density at radius 1 is 0.621 bits per heavy atom. The third-order valence-electron chi connectivity index (χ3n) is 7.18. The summed E-state index contributed by atoms with van der Waals surface area (Å²) in [7, 11) is 0. The van der Waals surface area contributed by atoms with Crippen molar-refractivity contribution in [1.82, 2.24) is 0 Å². The first kappa shape index (κ1) is 21.0. The first-order valence-corrected chi connectivity index (χ1v) is 12.4. The van der Waals surface area contributed by atoms with Gasteiger partial charge in [-0.25, -0.2) is 0 Å². The van der Waals surface area contributed by atoms with Crippen LogP contribution in [0.15, 0.2) is 24.3 Å². The zero-order valence-electron chi connectivity index (χ0n) is 18.2. The number of benzene rings is 1. The zero-order valence-corrected chi connectivity index (χ0v) is 18.2. The zero-order chi connectivity index (χ0) is 19.7. The summed E-state index contributed by atoms with van der Waals surface area (Å²) in [5.41, 5.74) is 0. The van der Waals surface area contributed by atoms with E-state index in [4.69, 9.17) is 14.2 Å². The van der Waals surface area contributed by atoms with Crippen LogP contribution in [0.4, 0.5) is 0 Å². The van der Waals surface area contributed by atoms with Gasteiger partial charge in [-0.1, -0.05) is 64.2 Å². The summed E-state index contributed by atoms with van der Waals surface area (Å²) in [5.74, 6) is 3.38. The summed E-state index contributed by atoms with van der Waals surface area (Å²) in [6.45, 7) is 1.54. The lowest BCUT2D eigenvalue weighted by molar-refractivity contribution is 0.218. The van der Waals surface area contributed by atoms with E-state index in [1.807, 2.05) is 12.1 Å². The van der Waals surface area contributed by atoms with E-state index in [2.05, 4.69) is 12.1 Å². The number of hydrogen-bond donors (Lipinski definition) is 0. The minimum Gasteiger partial charge on any atom is -0.493 e. The highest BCUT2D eigenvalue weighted by Gasteiger charge is 2.44. The van der Waals surface area contributed by atoms with E-state index < -0.39 is 0 Å². The van der Waals surface area contributed by atoms with Crippen LogP contribution in [-0.2, 0) is 4.74 Å². The van der Waals surface area contributed by atoms with Crippen molar-refractivity contribution in [2.24, 2.45) is 11.8 Å². The van der Waals surface area contributed by atoms with E-state index in [9.17, 15) is 0 Å². The molecule has 4 rings (SSSR count). The largest absolute Gasteiger partial charge is 0.493 e. The van der Waals surface area contributed by atoms with Crippen LogP contribution < -0.4 is 9.47 Å². The van der Waals surface area contributed by atoms with E-state index in [0.29, 0.717) is 18.8 Å². The van der Waals surface area contributed by atoms with E-state index >= 15 is 0 Å². The van der Waals surface area contributed by atoms with Crippen molar-refractivity contribution in [3.05, 3.63) is 24.3 Å². The van der Waals surface area contributed by atoms with Crippen LogP contribution in [0.2, 0.25) is 0 Å². The first-order chi connectivity index (χ1) is 14.4. The molecule has 0 radical (unpaired) electrons. The smallest absolute Gasteiger partial charge is 0.119 e. The molecule has 2 atom stereocenters. The highest BCUT2D eigenvalue weighted by Crippen LogP contribution is 2.37. The molecule has 0 bridgehead atoms. The molecule has 1 heterocycles. The molecule has 3 heteroatoms. The van der Waals surface area contributed by atoms with Crippen LogP contribution >= 0.6 is 0 Å². The molecule has 3 aliphatic rings. The SMILES string of the molecule is c1cc(OCC2OC2C2CCCCCCC2)ccc1OCC1CCCCCCC1. The topological polar surface area (TPSA) is 31.0 Å². The van der Waals surface area contributed by atoms with Gasteiger partial charge >= 0.3 is 0 Å². The Bertz CT molecular complexity index is 568. The fourth-order valence-electron chi connectivity index (χ4n) is 5.25. The average molecular weight is 401 g/mol. The van der Waals surface area contributed by atoms with Crippen LogP contribution in [-0.4, -0.2) is 25.4 Å². The van der Waals surface area contributed by atoms with Crippen molar-refractivity contribution in [2.75, 3.05) is 13.2 Å². The van der Waals surface area contributed by atoms with Gasteiger partial charge in [0.2, 0.25) is 0 Å². The molecule has 1 saturated heterocycles. The third-order valence-corrected chi connectivity index (χ3v) is 7.18. The highest BCUT2D eigenvalue weighted by atomic mass is 16.6. The predicted molar refractivity (Wildman–Crippen MR) is 118 cm³/mol. The van der Waals surface area contributed by atoms with Crippen LogP contribution in [0, 0.1) is 11.8 Å². The third kappa shape index (κ3) is 6.91. The van der Waals surface area contributed by atoms with Gasteiger partial charge in [0.15, 0.2) is 0 Å². The average Bonchev–Trinajstić information content (AvgIpc) is 3.46. The minimum atomic E-state index is 0.301. The maximum Gasteiger partial charge on any atom is 0.119 e. The molecule has 0 aromatic heterocycles. The second kappa shape index (κ2) is 11.2. The summed E-state index contributed by atoms with van der Waals surface area (Å²) >= 11 is 0. The van der Waals surface area contributed by atoms with Crippen LogP contribution in [0.1, 0.15) is 89.9 Å². The molecule has 2 aliphatic carbocycles. The Morgan fingerprint density at radius 2 is 1.10 bits per heavy atom. The molecule has 3 nitrogen and oxygen atoms in total. The molecule has 162 valence electrons. The van der Waals surface area contributed by atoms with Gasteiger partial charge in [-0.05, 0) is 61.8 Å². The number of ether oxygens (including phenoxy) is 3. The second-order valence-electron chi connectivity index (χ2n) is 9.55. The van der Waals surface area contributed by atoms with E-state index in [1.165, 1.54) is 89.9 Å². The quantitative estimate of drug-likeness (QED) is 0.465. The van der Waals surface area contributed by atoms with Gasteiger partial charge in [-0.15, -0.1) is 0 Å². The Kier molecular flexibility index (Phi) is 8.16. The fourth-order valence-corrected chi connectivity index (χ4v) is 5.25. The van der Waals surface area contributed by atoms with Crippen molar-refractivity contribution in [1.29, 1.82) is 0 Å². The lowest BCUT2D eigenvalue weighted by atomic mass is 9.88. The minimum absolute atomic E-state index is 0.301. The molecule has 0 spiro atoms. The molecule has 2 saturated carbocycles. The molecule has 1 aromatic carbocycles. The number of rotatable bonds is 7. The van der Waals surface area contributed by atoms with Crippen molar-refractivity contribution >= 4 is 0 Å². The lowest BCUT2D eigenvalue weighted by Gasteiger charge is -2.20. The van der Waals surface area contributed by atoms with Gasteiger partial charge in [-0.3, -0.25) is 0 Å². The molecule has 3 fully saturated rings. The van der Waals surface area contributed by atoms with E-state index in [1.54, 1.807) is 0 Å². The fraction of sp³-hybridized carbons (Fsp3) is 0.769. The molecular weight excluding hydrogens is 360 g/mol. The molecule has 2 unspecified atom stereocenters. The van der Waals surface area contributed by atoms with E-state index in [0.717, 1.165) is 29.9 Å². The lowest BCUT2D eigenvalue weighted by Crippen LogP contribution is -2.16. The van der Waals surface area contributed by atoms with Crippen molar-refractivity contribution in [3.8, 4) is 11.5 Å². The standard InChI is InChI=1S/C26H40O3/c1-3-7-11-21(12-8-4-1)19-27-23-15-17-24(18-16-23)28-20-25-26(29-25)22-13-9-5-2-6-10-14-22/h15-18,21-22,25-26H,1-14,19-20H2. The Balaban J connectivity index is 1.15. The second-order valence-corrected chi connectivity index (χ2v) is 9.55. The van der Waals surface area contributed by atoms with E-state index in [-0.39, 0.29) is 0 Å². The molecular formula is C26H40O3. The Morgan fingerprint density at radius 3 is 1.69 bits per heavy atom. The van der Waals surface area contributed by atoms with Crippen molar-refractivity contribution < 1.29 is 14.2 Å². The maximum atomic E-state index is 6.07. The molecule has 29 heavy (non-hydrogen) atoms. The van der Waals surface area contributed by atoms with Gasteiger partial charge in [0.05, 0.1) is 12.7 Å². The Hall–Kier alpha value is -1.22. The molecule has 0 N–H and O–H groups in total. The van der Waals surface area contributed by atoms with Crippen molar-refractivity contribution in [2.45, 2.75) is 102 Å². The van der Waals surface area contributed by atoms with Crippen LogP contribution in [0.25, 0.3) is 0 Å². The molecule has 1 aliphatic heterocycles. The number of epoxide rings is 1. The van der Waals surface area contributed by atoms with Gasteiger partial charge in [0.25, 0.3) is 0 Å². The maximum absolute atomic E-state index is 6.07. The van der Waals surface area contributed by atoms with Crippen LogP contribution in [0.3, 0.4) is 0 Å². The first-order valence-electron chi connectivity index (χ1n) is 12.4. The summed E-state index contributed by atoms with van der Waals surface area (Å²) in [6, 6.07) is 8.19. The highest BCUT2D eigenvalue weighted by molar-refractivity contribution is 5.31. The van der Waals surface area contributed by atoms with Gasteiger partial charge in [0, 0.05) is 0 Å². The molecule has 1 aromatic rings. The number of hydrogen-bond acceptors (Lipinski definition) is 3. The summed E-state index contributed by atoms with van der Waals surface area (Å²) < 4.78 is 18.1. The van der Waals surface area contributed by atoms with Crippen molar-refractivity contribution in [3.63, 3.8) is 0 Å². The summed E-state index contributed by atoms with van der Waals surface area (Å²) in [4.78, 5) is 0.